The summed E-state index contributed by atoms with van der Waals surface area (Å²) in [6, 6.07) is 18.1. The van der Waals surface area contributed by atoms with Gasteiger partial charge in [-0.2, -0.15) is 0 Å². The maximum absolute atomic E-state index is 12.8. The van der Waals surface area contributed by atoms with Crippen molar-refractivity contribution in [3.63, 3.8) is 0 Å². The monoisotopic (exact) mass is 364 g/mol. The van der Waals surface area contributed by atoms with E-state index < -0.39 is 0 Å². The van der Waals surface area contributed by atoms with Crippen LogP contribution in [0.5, 0.6) is 0 Å². The first-order chi connectivity index (χ1) is 12.6. The van der Waals surface area contributed by atoms with Crippen molar-refractivity contribution in [2.45, 2.75) is 20.8 Å². The van der Waals surface area contributed by atoms with Crippen molar-refractivity contribution >= 4 is 28.6 Å². The minimum Gasteiger partial charge on any atom is -0.372 e. The Morgan fingerprint density at radius 2 is 1.65 bits per heavy atom. The van der Waals surface area contributed by atoms with E-state index in [1.807, 2.05) is 47.8 Å². The van der Waals surface area contributed by atoms with Crippen LogP contribution >= 0.6 is 11.3 Å². The van der Waals surface area contributed by atoms with Gasteiger partial charge in [-0.05, 0) is 50.6 Å². The van der Waals surface area contributed by atoms with Crippen molar-refractivity contribution in [2.75, 3.05) is 23.3 Å². The normalized spacial score (nSPS) is 10.6. The second-order valence-electron chi connectivity index (χ2n) is 6.12. The molecular weight excluding hydrogens is 340 g/mol. The number of hydrogen-bond donors (Lipinski definition) is 1. The average molecular weight is 365 g/mol. The number of aryl methyl sites for hydroxylation is 1. The molecule has 0 saturated heterocycles. The van der Waals surface area contributed by atoms with Crippen LogP contribution in [0.15, 0.2) is 60.0 Å². The minimum atomic E-state index is -0.0659. The summed E-state index contributed by atoms with van der Waals surface area (Å²) in [5, 5.41) is 4.97. The summed E-state index contributed by atoms with van der Waals surface area (Å²) >= 11 is 1.61. The van der Waals surface area contributed by atoms with Crippen LogP contribution in [0.4, 0.5) is 11.4 Å². The molecule has 0 atom stereocenters. The summed E-state index contributed by atoms with van der Waals surface area (Å²) in [7, 11) is 0. The van der Waals surface area contributed by atoms with Gasteiger partial charge >= 0.3 is 0 Å². The van der Waals surface area contributed by atoms with Gasteiger partial charge in [-0.1, -0.05) is 30.3 Å². The first-order valence-corrected chi connectivity index (χ1v) is 9.81. The summed E-state index contributed by atoms with van der Waals surface area (Å²) in [5.74, 6) is -0.0659. The zero-order valence-corrected chi connectivity index (χ0v) is 16.3. The lowest BCUT2D eigenvalue weighted by molar-refractivity contribution is 0.102. The first-order valence-electron chi connectivity index (χ1n) is 8.93. The number of hydrogen-bond acceptors (Lipinski definition) is 3. The van der Waals surface area contributed by atoms with E-state index in [1.165, 1.54) is 5.69 Å². The van der Waals surface area contributed by atoms with E-state index in [1.54, 1.807) is 11.3 Å². The molecule has 1 aromatic heterocycles. The number of rotatable bonds is 6. The summed E-state index contributed by atoms with van der Waals surface area (Å²) < 4.78 is 0. The summed E-state index contributed by atoms with van der Waals surface area (Å²) in [5.41, 5.74) is 4.81. The van der Waals surface area contributed by atoms with Crippen molar-refractivity contribution in [3.8, 4) is 11.1 Å². The number of nitrogens with zero attached hydrogens (tertiary/aromatic N) is 1. The molecule has 1 amide bonds. The van der Waals surface area contributed by atoms with Crippen LogP contribution in [0.25, 0.3) is 11.1 Å². The van der Waals surface area contributed by atoms with E-state index in [0.717, 1.165) is 40.3 Å². The Morgan fingerprint density at radius 3 is 2.27 bits per heavy atom. The highest BCUT2D eigenvalue weighted by Crippen LogP contribution is 2.32. The SMILES string of the molecule is CCN(CC)c1ccc(NC(=O)c2csc(C)c2-c2ccccc2)cc1. The molecule has 134 valence electrons. The molecule has 0 radical (unpaired) electrons. The van der Waals surface area contributed by atoms with Crippen LogP contribution in [-0.4, -0.2) is 19.0 Å². The van der Waals surface area contributed by atoms with Crippen LogP contribution in [-0.2, 0) is 0 Å². The molecule has 3 nitrogen and oxygen atoms in total. The van der Waals surface area contributed by atoms with E-state index in [9.17, 15) is 4.79 Å². The van der Waals surface area contributed by atoms with Crippen molar-refractivity contribution < 1.29 is 4.79 Å². The van der Waals surface area contributed by atoms with Gasteiger partial charge in [0.2, 0.25) is 0 Å². The van der Waals surface area contributed by atoms with Crippen molar-refractivity contribution in [1.29, 1.82) is 0 Å². The third-order valence-electron chi connectivity index (χ3n) is 4.54. The minimum absolute atomic E-state index is 0.0659. The Balaban J connectivity index is 1.81. The molecule has 0 aliphatic rings. The highest BCUT2D eigenvalue weighted by atomic mass is 32.1. The third kappa shape index (κ3) is 3.81. The Hall–Kier alpha value is -2.59. The molecule has 0 aliphatic heterocycles. The number of amides is 1. The molecule has 0 fully saturated rings. The molecule has 3 rings (SSSR count). The highest BCUT2D eigenvalue weighted by molar-refractivity contribution is 7.10. The fraction of sp³-hybridized carbons (Fsp3) is 0.227. The Labute approximate surface area is 159 Å². The quantitative estimate of drug-likeness (QED) is 0.597. The number of thiophene rings is 1. The molecule has 0 spiro atoms. The molecule has 26 heavy (non-hydrogen) atoms. The Kier molecular flexibility index (Phi) is 5.74. The third-order valence-corrected chi connectivity index (χ3v) is 5.45. The van der Waals surface area contributed by atoms with Crippen LogP contribution in [0.1, 0.15) is 29.1 Å². The second kappa shape index (κ2) is 8.19. The van der Waals surface area contributed by atoms with E-state index >= 15 is 0 Å². The van der Waals surface area contributed by atoms with Gasteiger partial charge in [0.15, 0.2) is 0 Å². The molecule has 0 unspecified atom stereocenters. The average Bonchev–Trinajstić information content (AvgIpc) is 3.06. The fourth-order valence-corrected chi connectivity index (χ4v) is 3.99. The molecule has 0 saturated carbocycles. The lowest BCUT2D eigenvalue weighted by Gasteiger charge is -2.21. The number of carbonyl (C=O) groups excluding carboxylic acids is 1. The second-order valence-corrected chi connectivity index (χ2v) is 7.20. The van der Waals surface area contributed by atoms with E-state index in [2.05, 4.69) is 43.1 Å². The zero-order chi connectivity index (χ0) is 18.5. The van der Waals surface area contributed by atoms with Gasteiger partial charge < -0.3 is 10.2 Å². The standard InChI is InChI=1S/C22H24N2OS/c1-4-24(5-2)19-13-11-18(12-14-19)23-22(25)20-15-26-16(3)21(20)17-9-7-6-8-10-17/h6-15H,4-5H2,1-3H3,(H,23,25). The largest absolute Gasteiger partial charge is 0.372 e. The van der Waals surface area contributed by atoms with Gasteiger partial charge in [0.25, 0.3) is 5.91 Å². The van der Waals surface area contributed by atoms with Gasteiger partial charge in [-0.25, -0.2) is 0 Å². The lowest BCUT2D eigenvalue weighted by Crippen LogP contribution is -2.21. The van der Waals surface area contributed by atoms with Gasteiger partial charge in [0.1, 0.15) is 0 Å². The molecule has 2 aromatic carbocycles. The molecule has 4 heteroatoms. The fourth-order valence-electron chi connectivity index (χ4n) is 3.13. The summed E-state index contributed by atoms with van der Waals surface area (Å²) in [4.78, 5) is 16.3. The van der Waals surface area contributed by atoms with E-state index in [4.69, 9.17) is 0 Å². The molecule has 1 heterocycles. The van der Waals surface area contributed by atoms with E-state index in [-0.39, 0.29) is 5.91 Å². The van der Waals surface area contributed by atoms with Gasteiger partial charge in [0.05, 0.1) is 5.56 Å². The van der Waals surface area contributed by atoms with Gasteiger partial charge in [0, 0.05) is 40.3 Å². The predicted molar refractivity (Wildman–Crippen MR) is 112 cm³/mol. The van der Waals surface area contributed by atoms with Crippen LogP contribution < -0.4 is 10.2 Å². The van der Waals surface area contributed by atoms with Crippen LogP contribution in [0.2, 0.25) is 0 Å². The van der Waals surface area contributed by atoms with Gasteiger partial charge in [-0.3, -0.25) is 4.79 Å². The molecule has 0 aliphatic carbocycles. The number of anilines is 2. The van der Waals surface area contributed by atoms with Crippen molar-refractivity contribution in [2.24, 2.45) is 0 Å². The number of nitrogens with one attached hydrogen (secondary N) is 1. The van der Waals surface area contributed by atoms with E-state index in [0.29, 0.717) is 0 Å². The molecule has 0 bridgehead atoms. The molecule has 1 N–H and O–H groups in total. The lowest BCUT2D eigenvalue weighted by atomic mass is 10.0. The number of carbonyl (C=O) groups is 1. The Bertz CT molecular complexity index is 865. The topological polar surface area (TPSA) is 32.3 Å². The first kappa shape index (κ1) is 18.2. The zero-order valence-electron chi connectivity index (χ0n) is 15.5. The maximum atomic E-state index is 12.8. The van der Waals surface area contributed by atoms with Crippen LogP contribution in [0.3, 0.4) is 0 Å². The van der Waals surface area contributed by atoms with Crippen molar-refractivity contribution in [1.82, 2.24) is 0 Å². The number of benzene rings is 2. The van der Waals surface area contributed by atoms with Gasteiger partial charge in [-0.15, -0.1) is 11.3 Å². The maximum Gasteiger partial charge on any atom is 0.257 e. The van der Waals surface area contributed by atoms with Crippen LogP contribution in [0, 0.1) is 6.92 Å². The predicted octanol–water partition coefficient (Wildman–Crippen LogP) is 5.82. The molecular formula is C22H24N2OS. The van der Waals surface area contributed by atoms with Crippen molar-refractivity contribution in [3.05, 3.63) is 70.4 Å². The Morgan fingerprint density at radius 1 is 1.00 bits per heavy atom. The molecule has 3 aromatic rings. The highest BCUT2D eigenvalue weighted by Gasteiger charge is 2.17. The smallest absolute Gasteiger partial charge is 0.257 e. The summed E-state index contributed by atoms with van der Waals surface area (Å²) in [6.07, 6.45) is 0. The summed E-state index contributed by atoms with van der Waals surface area (Å²) in [6.45, 7) is 8.28.